The summed E-state index contributed by atoms with van der Waals surface area (Å²) in [5.74, 6) is 1.41. The van der Waals surface area contributed by atoms with Crippen molar-refractivity contribution in [3.05, 3.63) is 22.2 Å². The topological polar surface area (TPSA) is 64.1 Å². The first kappa shape index (κ1) is 15.0. The minimum atomic E-state index is 0.236. The van der Waals surface area contributed by atoms with Crippen LogP contribution in [0.15, 0.2) is 21.7 Å². The van der Waals surface area contributed by atoms with E-state index in [9.17, 15) is 0 Å². The van der Waals surface area contributed by atoms with Gasteiger partial charge < -0.3 is 19.5 Å². The fourth-order valence-electron chi connectivity index (χ4n) is 1.53. The van der Waals surface area contributed by atoms with Crippen LogP contribution in [-0.4, -0.2) is 38.4 Å². The van der Waals surface area contributed by atoms with Crippen molar-refractivity contribution in [3.8, 4) is 11.5 Å². The number of rotatable bonds is 5. The van der Waals surface area contributed by atoms with Crippen LogP contribution in [0.1, 0.15) is 5.56 Å². The number of nitrogens with one attached hydrogen (secondary N) is 2. The van der Waals surface area contributed by atoms with Crippen molar-refractivity contribution >= 4 is 39.5 Å². The summed E-state index contributed by atoms with van der Waals surface area (Å²) in [4.78, 5) is 0. The van der Waals surface area contributed by atoms with Crippen LogP contribution < -0.4 is 20.2 Å². The highest BCUT2D eigenvalue weighted by molar-refractivity contribution is 9.10. The molecule has 1 heterocycles. The molecule has 0 atom stereocenters. The number of ether oxygens (including phenoxy) is 3. The standard InChI is InChI=1S/C12H14BrN3O3S/c1-17-3-2-14-12(20)16-15-6-8-4-9(13)11-10(5-8)18-7-19-11/h4-6H,2-3,7H2,1H3,(H2,14,16,20)/b15-6-. The molecule has 2 N–H and O–H groups in total. The maximum Gasteiger partial charge on any atom is 0.231 e. The van der Waals surface area contributed by atoms with Gasteiger partial charge in [-0.05, 0) is 45.8 Å². The number of methoxy groups -OCH3 is 1. The van der Waals surface area contributed by atoms with Crippen LogP contribution in [0.5, 0.6) is 11.5 Å². The Hall–Kier alpha value is -1.38. The van der Waals surface area contributed by atoms with Gasteiger partial charge in [-0.25, -0.2) is 0 Å². The van der Waals surface area contributed by atoms with Crippen LogP contribution in [0.3, 0.4) is 0 Å². The molecular formula is C12H14BrN3O3S. The zero-order valence-corrected chi connectivity index (χ0v) is 13.2. The fourth-order valence-corrected chi connectivity index (χ4v) is 2.26. The van der Waals surface area contributed by atoms with E-state index in [-0.39, 0.29) is 6.79 Å². The van der Waals surface area contributed by atoms with Gasteiger partial charge in [0.05, 0.1) is 17.3 Å². The third-order valence-corrected chi connectivity index (χ3v) is 3.25. The molecule has 2 rings (SSSR count). The molecule has 1 aliphatic rings. The number of halogens is 1. The summed E-state index contributed by atoms with van der Waals surface area (Å²) in [5, 5.41) is 7.44. The first-order valence-electron chi connectivity index (χ1n) is 5.85. The molecule has 0 saturated carbocycles. The van der Waals surface area contributed by atoms with Crippen molar-refractivity contribution in [3.63, 3.8) is 0 Å². The molecule has 8 heteroatoms. The molecular weight excluding hydrogens is 346 g/mol. The highest BCUT2D eigenvalue weighted by Crippen LogP contribution is 2.39. The Morgan fingerprint density at radius 3 is 3.20 bits per heavy atom. The molecule has 108 valence electrons. The van der Waals surface area contributed by atoms with E-state index in [1.54, 1.807) is 13.3 Å². The lowest BCUT2D eigenvalue weighted by Gasteiger charge is -2.05. The summed E-state index contributed by atoms with van der Waals surface area (Å²) in [6.45, 7) is 1.45. The normalized spacial score (nSPS) is 12.7. The van der Waals surface area contributed by atoms with Crippen molar-refractivity contribution in [1.29, 1.82) is 0 Å². The van der Waals surface area contributed by atoms with Gasteiger partial charge in [0.1, 0.15) is 0 Å². The summed E-state index contributed by atoms with van der Waals surface area (Å²) < 4.78 is 16.4. The number of nitrogens with zero attached hydrogens (tertiary/aromatic N) is 1. The predicted molar refractivity (Wildman–Crippen MR) is 83.5 cm³/mol. The maximum atomic E-state index is 5.33. The Morgan fingerprint density at radius 2 is 2.40 bits per heavy atom. The van der Waals surface area contributed by atoms with E-state index >= 15 is 0 Å². The van der Waals surface area contributed by atoms with E-state index in [1.807, 2.05) is 12.1 Å². The van der Waals surface area contributed by atoms with Crippen LogP contribution in [0.25, 0.3) is 0 Å². The number of hydrogen-bond donors (Lipinski definition) is 2. The van der Waals surface area contributed by atoms with Gasteiger partial charge in [0, 0.05) is 13.7 Å². The first-order chi connectivity index (χ1) is 9.70. The van der Waals surface area contributed by atoms with Crippen molar-refractivity contribution in [2.24, 2.45) is 5.10 Å². The number of fused-ring (bicyclic) bond motifs is 1. The van der Waals surface area contributed by atoms with Crippen molar-refractivity contribution in [2.45, 2.75) is 0 Å². The lowest BCUT2D eigenvalue weighted by atomic mass is 10.2. The van der Waals surface area contributed by atoms with E-state index in [2.05, 4.69) is 31.8 Å². The molecule has 0 amide bonds. The second-order valence-corrected chi connectivity index (χ2v) is 5.12. The Bertz CT molecular complexity index is 525. The minimum absolute atomic E-state index is 0.236. The van der Waals surface area contributed by atoms with E-state index in [1.165, 1.54) is 0 Å². The van der Waals surface area contributed by atoms with Gasteiger partial charge in [-0.1, -0.05) is 0 Å². The van der Waals surface area contributed by atoms with E-state index in [4.69, 9.17) is 26.4 Å². The van der Waals surface area contributed by atoms with Gasteiger partial charge in [0.2, 0.25) is 6.79 Å². The summed E-state index contributed by atoms with van der Waals surface area (Å²) >= 11 is 8.46. The zero-order chi connectivity index (χ0) is 14.4. The molecule has 0 fully saturated rings. The molecule has 0 spiro atoms. The van der Waals surface area contributed by atoms with Gasteiger partial charge in [-0.2, -0.15) is 5.10 Å². The first-order valence-corrected chi connectivity index (χ1v) is 7.06. The monoisotopic (exact) mass is 359 g/mol. The van der Waals surface area contributed by atoms with Gasteiger partial charge >= 0.3 is 0 Å². The van der Waals surface area contributed by atoms with Crippen LogP contribution in [0.2, 0.25) is 0 Å². The van der Waals surface area contributed by atoms with Gasteiger partial charge in [-0.3, -0.25) is 5.43 Å². The molecule has 0 unspecified atom stereocenters. The molecule has 0 bridgehead atoms. The fraction of sp³-hybridized carbons (Fsp3) is 0.333. The molecule has 20 heavy (non-hydrogen) atoms. The lowest BCUT2D eigenvalue weighted by molar-refractivity contribution is 0.173. The van der Waals surface area contributed by atoms with E-state index in [0.717, 1.165) is 10.0 Å². The highest BCUT2D eigenvalue weighted by Gasteiger charge is 2.17. The molecule has 0 aliphatic carbocycles. The molecule has 6 nitrogen and oxygen atoms in total. The summed E-state index contributed by atoms with van der Waals surface area (Å²) in [6, 6.07) is 3.74. The minimum Gasteiger partial charge on any atom is -0.454 e. The maximum absolute atomic E-state index is 5.33. The number of hydrogen-bond acceptors (Lipinski definition) is 5. The van der Waals surface area contributed by atoms with Gasteiger partial charge in [-0.15, -0.1) is 0 Å². The third-order valence-electron chi connectivity index (χ3n) is 2.42. The second kappa shape index (κ2) is 7.41. The van der Waals surface area contributed by atoms with Gasteiger partial charge in [0.15, 0.2) is 16.6 Å². The van der Waals surface area contributed by atoms with Crippen molar-refractivity contribution in [2.75, 3.05) is 27.1 Å². The molecule has 1 aromatic rings. The smallest absolute Gasteiger partial charge is 0.231 e. The Balaban J connectivity index is 1.88. The third kappa shape index (κ3) is 4.06. The van der Waals surface area contributed by atoms with Crippen LogP contribution >= 0.6 is 28.1 Å². The Labute approximate surface area is 130 Å². The zero-order valence-electron chi connectivity index (χ0n) is 10.8. The number of hydrazone groups is 1. The molecule has 0 aromatic heterocycles. The van der Waals surface area contributed by atoms with Crippen molar-refractivity contribution in [1.82, 2.24) is 10.7 Å². The Morgan fingerprint density at radius 1 is 1.55 bits per heavy atom. The van der Waals surface area contributed by atoms with E-state index < -0.39 is 0 Å². The molecule has 1 aliphatic heterocycles. The quantitative estimate of drug-likeness (QED) is 0.360. The summed E-state index contributed by atoms with van der Waals surface area (Å²) in [7, 11) is 1.63. The van der Waals surface area contributed by atoms with Crippen LogP contribution in [-0.2, 0) is 4.74 Å². The molecule has 0 radical (unpaired) electrons. The average molecular weight is 360 g/mol. The predicted octanol–water partition coefficient (Wildman–Crippen LogP) is 1.62. The second-order valence-electron chi connectivity index (χ2n) is 3.86. The van der Waals surface area contributed by atoms with Crippen LogP contribution in [0.4, 0.5) is 0 Å². The van der Waals surface area contributed by atoms with E-state index in [0.29, 0.717) is 29.8 Å². The Kier molecular flexibility index (Phi) is 5.57. The van der Waals surface area contributed by atoms with Gasteiger partial charge in [0.25, 0.3) is 0 Å². The average Bonchev–Trinajstić information content (AvgIpc) is 2.88. The summed E-state index contributed by atoms with van der Waals surface area (Å²) in [6.07, 6.45) is 1.65. The number of thiocarbonyl (C=S) groups is 1. The van der Waals surface area contributed by atoms with Crippen molar-refractivity contribution < 1.29 is 14.2 Å². The number of benzene rings is 1. The summed E-state index contributed by atoms with van der Waals surface area (Å²) in [5.41, 5.74) is 3.59. The largest absolute Gasteiger partial charge is 0.454 e. The highest BCUT2D eigenvalue weighted by atomic mass is 79.9. The molecule has 1 aromatic carbocycles. The van der Waals surface area contributed by atoms with Crippen LogP contribution in [0, 0.1) is 0 Å². The lowest BCUT2D eigenvalue weighted by Crippen LogP contribution is -2.34. The molecule has 0 saturated heterocycles. The SMILES string of the molecule is COCCNC(=S)N/N=C\c1cc(Br)c2c(c1)OCO2.